The van der Waals surface area contributed by atoms with Crippen LogP contribution >= 0.6 is 0 Å². The van der Waals surface area contributed by atoms with Crippen molar-refractivity contribution in [1.82, 2.24) is 0 Å². The third-order valence-electron chi connectivity index (χ3n) is 12.1. The molecule has 6 fully saturated rings. The van der Waals surface area contributed by atoms with Crippen LogP contribution in [0, 0.1) is 52.3 Å². The third kappa shape index (κ3) is 2.69. The van der Waals surface area contributed by atoms with Crippen LogP contribution in [0.15, 0.2) is 0 Å². The average Bonchev–Trinajstić information content (AvgIpc) is 3.21. The van der Waals surface area contributed by atoms with E-state index in [1.54, 1.807) is 0 Å². The number of aliphatic hydroxyl groups is 3. The quantitative estimate of drug-likeness (QED) is 0.526. The van der Waals surface area contributed by atoms with E-state index in [1.165, 1.54) is 32.1 Å². The van der Waals surface area contributed by atoms with Crippen LogP contribution < -0.4 is 0 Å². The minimum absolute atomic E-state index is 0.0735. The van der Waals surface area contributed by atoms with Gasteiger partial charge in [-0.05, 0) is 91.8 Å². The molecule has 2 aliphatic heterocycles. The molecule has 1 spiro atoms. The predicted octanol–water partition coefficient (Wildman–Crippen LogP) is 3.74. The number of hydrogen-bond acceptors (Lipinski definition) is 5. The molecule has 182 valence electrons. The van der Waals surface area contributed by atoms with Crippen molar-refractivity contribution in [2.45, 2.75) is 109 Å². The van der Waals surface area contributed by atoms with Crippen molar-refractivity contribution in [3.8, 4) is 0 Å². The van der Waals surface area contributed by atoms with Crippen LogP contribution in [-0.4, -0.2) is 52.1 Å². The molecular formula is C27H44O5. The van der Waals surface area contributed by atoms with E-state index in [0.717, 1.165) is 31.1 Å². The highest BCUT2D eigenvalue weighted by atomic mass is 16.7. The minimum atomic E-state index is -1.05. The number of rotatable bonds is 0. The summed E-state index contributed by atoms with van der Waals surface area (Å²) in [5.74, 6) is 2.22. The summed E-state index contributed by atoms with van der Waals surface area (Å²) in [5.41, 5.74) is 0.598. The van der Waals surface area contributed by atoms with Gasteiger partial charge in [0.2, 0.25) is 0 Å². The van der Waals surface area contributed by atoms with Crippen LogP contribution in [0.3, 0.4) is 0 Å². The summed E-state index contributed by atoms with van der Waals surface area (Å²) in [6, 6.07) is 0. The average molecular weight is 449 g/mol. The monoisotopic (exact) mass is 448 g/mol. The van der Waals surface area contributed by atoms with Crippen molar-refractivity contribution in [2.24, 2.45) is 52.3 Å². The van der Waals surface area contributed by atoms with Gasteiger partial charge in [0.25, 0.3) is 0 Å². The van der Waals surface area contributed by atoms with Gasteiger partial charge in [0.15, 0.2) is 5.79 Å². The molecule has 5 unspecified atom stereocenters. The van der Waals surface area contributed by atoms with Crippen molar-refractivity contribution < 1.29 is 24.8 Å². The van der Waals surface area contributed by atoms with Crippen LogP contribution in [0.2, 0.25) is 0 Å². The van der Waals surface area contributed by atoms with E-state index in [1.807, 2.05) is 6.92 Å². The molecule has 3 N–H and O–H groups in total. The van der Waals surface area contributed by atoms with E-state index in [-0.39, 0.29) is 29.5 Å². The molecule has 4 aliphatic carbocycles. The lowest BCUT2D eigenvalue weighted by molar-refractivity contribution is -0.338. The third-order valence-corrected chi connectivity index (χ3v) is 12.1. The highest BCUT2D eigenvalue weighted by Gasteiger charge is 2.71. The summed E-state index contributed by atoms with van der Waals surface area (Å²) in [7, 11) is 0. The molecule has 14 atom stereocenters. The maximum Gasteiger partial charge on any atom is 0.200 e. The van der Waals surface area contributed by atoms with E-state index in [2.05, 4.69) is 20.8 Å². The molecule has 4 saturated carbocycles. The van der Waals surface area contributed by atoms with Crippen LogP contribution in [0.25, 0.3) is 0 Å². The SMILES string of the molecule is CC1CO[C@@]2(O[C@H]3C[C@H]4[C@@H]5CCC6CC(O)CC[C@]6(C)[C@H]5CC[C@]4(C)[C@H]3[C@@H]2C)C(O)C1O. The first kappa shape index (κ1) is 22.3. The highest BCUT2D eigenvalue weighted by Crippen LogP contribution is 2.71. The van der Waals surface area contributed by atoms with Gasteiger partial charge in [-0.1, -0.05) is 27.7 Å². The molecule has 0 aromatic heterocycles. The Hall–Kier alpha value is -0.200. The second kappa shape index (κ2) is 7.16. The zero-order valence-corrected chi connectivity index (χ0v) is 20.4. The second-order valence-electron chi connectivity index (χ2n) is 13.3. The fraction of sp³-hybridized carbons (Fsp3) is 1.00. The van der Waals surface area contributed by atoms with E-state index in [0.29, 0.717) is 29.8 Å². The van der Waals surface area contributed by atoms with E-state index in [4.69, 9.17) is 9.47 Å². The number of hydrogen-bond donors (Lipinski definition) is 3. The van der Waals surface area contributed by atoms with Crippen molar-refractivity contribution in [3.05, 3.63) is 0 Å². The van der Waals surface area contributed by atoms with Crippen molar-refractivity contribution in [3.63, 3.8) is 0 Å². The predicted molar refractivity (Wildman–Crippen MR) is 121 cm³/mol. The molecule has 0 aromatic carbocycles. The second-order valence-corrected chi connectivity index (χ2v) is 13.3. The zero-order chi connectivity index (χ0) is 22.6. The van der Waals surface area contributed by atoms with Gasteiger partial charge < -0.3 is 24.8 Å². The molecule has 0 aromatic rings. The number of ether oxygens (including phenoxy) is 2. The number of fused-ring (bicyclic) bond motifs is 7. The molecular weight excluding hydrogens is 404 g/mol. The van der Waals surface area contributed by atoms with E-state index < -0.39 is 18.0 Å². The van der Waals surface area contributed by atoms with Crippen LogP contribution in [0.1, 0.15) is 79.1 Å². The van der Waals surface area contributed by atoms with Crippen LogP contribution in [0.4, 0.5) is 0 Å². The Morgan fingerprint density at radius 1 is 0.844 bits per heavy atom. The van der Waals surface area contributed by atoms with Crippen molar-refractivity contribution in [1.29, 1.82) is 0 Å². The highest BCUT2D eigenvalue weighted by molar-refractivity contribution is 5.16. The Balaban J connectivity index is 1.27. The molecule has 2 heterocycles. The fourth-order valence-corrected chi connectivity index (χ4v) is 10.4. The standard InChI is InChI=1S/C27H44O5/c1-14-13-31-27(24(30)23(14)29)15(2)22-21(32-27)12-20-18-6-5-16-11-17(28)7-9-25(16,3)19(18)8-10-26(20,22)4/h14-24,28-30H,5-13H2,1-4H3/t14?,15-,16?,17?,18+,19-,20-,21-,22-,23?,24?,25-,26-,27-/m0/s1. The number of aliphatic hydroxyl groups excluding tert-OH is 3. The Morgan fingerprint density at radius 3 is 2.38 bits per heavy atom. The first-order valence-corrected chi connectivity index (χ1v) is 13.5. The molecule has 0 bridgehead atoms. The van der Waals surface area contributed by atoms with Crippen LogP contribution in [0.5, 0.6) is 0 Å². The molecule has 0 amide bonds. The Morgan fingerprint density at radius 2 is 1.59 bits per heavy atom. The Labute approximate surface area is 193 Å². The summed E-state index contributed by atoms with van der Waals surface area (Å²) in [4.78, 5) is 0. The van der Waals surface area contributed by atoms with Gasteiger partial charge in [0.05, 0.1) is 24.9 Å². The first-order valence-electron chi connectivity index (χ1n) is 13.5. The van der Waals surface area contributed by atoms with E-state index >= 15 is 0 Å². The van der Waals surface area contributed by atoms with Gasteiger partial charge >= 0.3 is 0 Å². The lowest BCUT2D eigenvalue weighted by Crippen LogP contribution is -2.62. The molecule has 5 nitrogen and oxygen atoms in total. The summed E-state index contributed by atoms with van der Waals surface area (Å²) < 4.78 is 12.9. The largest absolute Gasteiger partial charge is 0.393 e. The molecule has 6 rings (SSSR count). The Bertz CT molecular complexity index is 758. The Kier molecular flexibility index (Phi) is 4.99. The van der Waals surface area contributed by atoms with Gasteiger partial charge in [0, 0.05) is 11.8 Å². The topological polar surface area (TPSA) is 79.2 Å². The lowest BCUT2D eigenvalue weighted by Gasteiger charge is -2.61. The van der Waals surface area contributed by atoms with Gasteiger partial charge in [-0.15, -0.1) is 0 Å². The van der Waals surface area contributed by atoms with Gasteiger partial charge in [-0.25, -0.2) is 0 Å². The van der Waals surface area contributed by atoms with E-state index in [9.17, 15) is 15.3 Å². The van der Waals surface area contributed by atoms with Crippen molar-refractivity contribution in [2.75, 3.05) is 6.61 Å². The molecule has 6 aliphatic rings. The van der Waals surface area contributed by atoms with Crippen molar-refractivity contribution >= 4 is 0 Å². The molecule has 5 heteroatoms. The summed E-state index contributed by atoms with van der Waals surface area (Å²) in [6.07, 6.45) is 7.57. The smallest absolute Gasteiger partial charge is 0.200 e. The minimum Gasteiger partial charge on any atom is -0.393 e. The first-order chi connectivity index (χ1) is 15.1. The summed E-state index contributed by atoms with van der Waals surface area (Å²) >= 11 is 0. The van der Waals surface area contributed by atoms with Crippen LogP contribution in [-0.2, 0) is 9.47 Å². The normalized spacial score (nSPS) is 64.0. The molecule has 0 radical (unpaired) electrons. The molecule has 32 heavy (non-hydrogen) atoms. The summed E-state index contributed by atoms with van der Waals surface area (Å²) in [5, 5.41) is 32.0. The molecule has 2 saturated heterocycles. The zero-order valence-electron chi connectivity index (χ0n) is 20.4. The fourth-order valence-electron chi connectivity index (χ4n) is 10.4. The maximum absolute atomic E-state index is 11.1. The lowest BCUT2D eigenvalue weighted by atomic mass is 9.44. The maximum atomic E-state index is 11.1. The van der Waals surface area contributed by atoms with Gasteiger partial charge in [-0.3, -0.25) is 0 Å². The van der Waals surface area contributed by atoms with Gasteiger partial charge in [-0.2, -0.15) is 0 Å². The summed E-state index contributed by atoms with van der Waals surface area (Å²) in [6.45, 7) is 9.63. The van der Waals surface area contributed by atoms with Gasteiger partial charge in [0.1, 0.15) is 6.10 Å².